The number of aryl methyl sites for hydroxylation is 1. The van der Waals surface area contributed by atoms with Gasteiger partial charge >= 0.3 is 0 Å². The molecular weight excluding hydrogens is 212 g/mol. The number of aromatic amines is 1. The molecule has 0 atom stereocenters. The fraction of sp³-hybridized carbons (Fsp3) is 0.769. The highest BCUT2D eigenvalue weighted by Crippen LogP contribution is 2.29. The highest BCUT2D eigenvalue weighted by atomic mass is 15.2. The smallest absolute Gasteiger partial charge is 0.0925 e. The van der Waals surface area contributed by atoms with Crippen LogP contribution < -0.4 is 5.32 Å². The van der Waals surface area contributed by atoms with Gasteiger partial charge in [0.25, 0.3) is 0 Å². The van der Waals surface area contributed by atoms with Gasteiger partial charge in [-0.3, -0.25) is 0 Å². The number of hydrogen-bond acceptors (Lipinski definition) is 3. The first-order valence-electron chi connectivity index (χ1n) is 6.79. The second kappa shape index (κ2) is 4.78. The maximum absolute atomic E-state index is 4.32. The summed E-state index contributed by atoms with van der Waals surface area (Å²) in [6.07, 6.45) is 7.23. The van der Waals surface area contributed by atoms with Crippen LogP contribution in [0.4, 0.5) is 0 Å². The second-order valence-corrected chi connectivity index (χ2v) is 5.40. The lowest BCUT2D eigenvalue weighted by atomic mass is 10.0. The number of nitrogens with one attached hydrogen (secondary N) is 2. The summed E-state index contributed by atoms with van der Waals surface area (Å²) in [6, 6.07) is 1.62. The molecule has 0 spiro atoms. The van der Waals surface area contributed by atoms with Crippen LogP contribution >= 0.6 is 0 Å². The molecule has 4 heteroatoms. The van der Waals surface area contributed by atoms with Crippen molar-refractivity contribution in [2.45, 2.75) is 51.2 Å². The van der Waals surface area contributed by atoms with Crippen molar-refractivity contribution >= 4 is 0 Å². The molecule has 0 aromatic carbocycles. The van der Waals surface area contributed by atoms with Gasteiger partial charge in [-0.25, -0.2) is 4.98 Å². The maximum atomic E-state index is 4.32. The average Bonchev–Trinajstić information content (AvgIpc) is 3.12. The molecule has 94 valence electrons. The Kier molecular flexibility index (Phi) is 3.16. The van der Waals surface area contributed by atoms with Crippen LogP contribution in [-0.4, -0.2) is 40.0 Å². The standard InChI is InChI=1S/C13H22N4/c1-10-13(16-9-15-10)8-14-11-4-6-17(7-5-11)12-2-3-12/h9,11-12,14H,2-8H2,1H3,(H,15,16). The van der Waals surface area contributed by atoms with Gasteiger partial charge in [0, 0.05) is 24.3 Å². The molecule has 0 unspecified atom stereocenters. The van der Waals surface area contributed by atoms with Crippen molar-refractivity contribution in [2.24, 2.45) is 0 Å². The zero-order valence-corrected chi connectivity index (χ0v) is 10.6. The number of likely N-dealkylation sites (tertiary alicyclic amines) is 1. The molecule has 1 saturated heterocycles. The van der Waals surface area contributed by atoms with Crippen LogP contribution in [0.2, 0.25) is 0 Å². The Bertz CT molecular complexity index is 361. The molecular formula is C13H22N4. The predicted molar refractivity (Wildman–Crippen MR) is 67.8 cm³/mol. The number of hydrogen-bond donors (Lipinski definition) is 2. The summed E-state index contributed by atoms with van der Waals surface area (Å²) in [4.78, 5) is 10.1. The lowest BCUT2D eigenvalue weighted by molar-refractivity contribution is 0.189. The Morgan fingerprint density at radius 3 is 2.71 bits per heavy atom. The molecule has 1 aromatic rings. The van der Waals surface area contributed by atoms with Gasteiger partial charge in [0.15, 0.2) is 0 Å². The number of piperidine rings is 1. The van der Waals surface area contributed by atoms with E-state index in [4.69, 9.17) is 0 Å². The van der Waals surface area contributed by atoms with E-state index in [0.717, 1.165) is 18.3 Å². The molecule has 1 aromatic heterocycles. The van der Waals surface area contributed by atoms with Crippen LogP contribution in [0.1, 0.15) is 37.1 Å². The summed E-state index contributed by atoms with van der Waals surface area (Å²) in [5.41, 5.74) is 2.35. The molecule has 17 heavy (non-hydrogen) atoms. The van der Waals surface area contributed by atoms with E-state index in [9.17, 15) is 0 Å². The number of rotatable bonds is 4. The highest BCUT2D eigenvalue weighted by Gasteiger charge is 2.31. The van der Waals surface area contributed by atoms with Crippen molar-refractivity contribution in [3.8, 4) is 0 Å². The fourth-order valence-corrected chi connectivity index (χ4v) is 2.71. The Balaban J connectivity index is 1.43. The van der Waals surface area contributed by atoms with Crippen molar-refractivity contribution in [1.29, 1.82) is 0 Å². The van der Waals surface area contributed by atoms with Gasteiger partial charge in [0.05, 0.1) is 12.0 Å². The second-order valence-electron chi connectivity index (χ2n) is 5.40. The maximum Gasteiger partial charge on any atom is 0.0925 e. The van der Waals surface area contributed by atoms with E-state index in [2.05, 4.69) is 27.1 Å². The fourth-order valence-electron chi connectivity index (χ4n) is 2.71. The van der Waals surface area contributed by atoms with Gasteiger partial charge in [-0.1, -0.05) is 0 Å². The molecule has 1 aliphatic heterocycles. The van der Waals surface area contributed by atoms with E-state index in [0.29, 0.717) is 6.04 Å². The summed E-state index contributed by atoms with van der Waals surface area (Å²) in [6.45, 7) is 5.55. The van der Waals surface area contributed by atoms with Gasteiger partial charge in [0.2, 0.25) is 0 Å². The quantitative estimate of drug-likeness (QED) is 0.828. The Labute approximate surface area is 103 Å². The van der Waals surface area contributed by atoms with E-state index in [1.165, 1.54) is 44.5 Å². The first-order chi connectivity index (χ1) is 8.33. The molecule has 4 nitrogen and oxygen atoms in total. The molecule has 0 amide bonds. The van der Waals surface area contributed by atoms with Gasteiger partial charge in [-0.15, -0.1) is 0 Å². The topological polar surface area (TPSA) is 44.0 Å². The van der Waals surface area contributed by atoms with E-state index >= 15 is 0 Å². The van der Waals surface area contributed by atoms with Crippen LogP contribution in [0.5, 0.6) is 0 Å². The minimum atomic E-state index is 0.682. The van der Waals surface area contributed by atoms with Gasteiger partial charge in [0.1, 0.15) is 0 Å². The van der Waals surface area contributed by atoms with E-state index in [1.807, 2.05) is 0 Å². The largest absolute Gasteiger partial charge is 0.348 e. The van der Waals surface area contributed by atoms with Crippen LogP contribution in [0, 0.1) is 6.92 Å². The zero-order valence-electron chi connectivity index (χ0n) is 10.6. The summed E-state index contributed by atoms with van der Waals surface area (Å²) in [7, 11) is 0. The minimum Gasteiger partial charge on any atom is -0.348 e. The third-order valence-corrected chi connectivity index (χ3v) is 4.09. The molecule has 0 bridgehead atoms. The zero-order chi connectivity index (χ0) is 11.7. The first-order valence-corrected chi connectivity index (χ1v) is 6.79. The summed E-state index contributed by atoms with van der Waals surface area (Å²) in [5, 5.41) is 3.64. The van der Waals surface area contributed by atoms with Gasteiger partial charge in [-0.2, -0.15) is 0 Å². The molecule has 1 aliphatic carbocycles. The Hall–Kier alpha value is -0.870. The van der Waals surface area contributed by atoms with E-state index < -0.39 is 0 Å². The molecule has 3 rings (SSSR count). The monoisotopic (exact) mass is 234 g/mol. The van der Waals surface area contributed by atoms with Crippen LogP contribution in [0.15, 0.2) is 6.33 Å². The summed E-state index contributed by atoms with van der Waals surface area (Å²) >= 11 is 0. The van der Waals surface area contributed by atoms with Crippen molar-refractivity contribution < 1.29 is 0 Å². The number of nitrogens with zero attached hydrogens (tertiary/aromatic N) is 2. The number of aromatic nitrogens is 2. The highest BCUT2D eigenvalue weighted by molar-refractivity contribution is 5.08. The SMILES string of the molecule is Cc1[nH]cnc1CNC1CCN(C2CC2)CC1. The van der Waals surface area contributed by atoms with E-state index in [-0.39, 0.29) is 0 Å². The lowest BCUT2D eigenvalue weighted by Gasteiger charge is -2.32. The molecule has 0 radical (unpaired) electrons. The van der Waals surface area contributed by atoms with Crippen LogP contribution in [0.25, 0.3) is 0 Å². The molecule has 2 N–H and O–H groups in total. The molecule has 2 aliphatic rings. The van der Waals surface area contributed by atoms with Crippen molar-refractivity contribution in [3.05, 3.63) is 17.7 Å². The number of imidazole rings is 1. The van der Waals surface area contributed by atoms with Crippen molar-refractivity contribution in [2.75, 3.05) is 13.1 Å². The minimum absolute atomic E-state index is 0.682. The molecule has 2 heterocycles. The molecule has 1 saturated carbocycles. The lowest BCUT2D eigenvalue weighted by Crippen LogP contribution is -2.43. The predicted octanol–water partition coefficient (Wildman–Crippen LogP) is 1.43. The van der Waals surface area contributed by atoms with Gasteiger partial charge in [-0.05, 0) is 45.7 Å². The molecule has 2 fully saturated rings. The van der Waals surface area contributed by atoms with Crippen molar-refractivity contribution in [3.63, 3.8) is 0 Å². The van der Waals surface area contributed by atoms with Gasteiger partial charge < -0.3 is 15.2 Å². The number of H-pyrrole nitrogens is 1. The Morgan fingerprint density at radius 1 is 1.35 bits per heavy atom. The average molecular weight is 234 g/mol. The first kappa shape index (κ1) is 11.2. The Morgan fingerprint density at radius 2 is 2.12 bits per heavy atom. The summed E-state index contributed by atoms with van der Waals surface area (Å²) < 4.78 is 0. The summed E-state index contributed by atoms with van der Waals surface area (Å²) in [5.74, 6) is 0. The third kappa shape index (κ3) is 2.69. The van der Waals surface area contributed by atoms with Crippen molar-refractivity contribution in [1.82, 2.24) is 20.2 Å². The normalized spacial score (nSPS) is 23.1. The van der Waals surface area contributed by atoms with Crippen LogP contribution in [0.3, 0.4) is 0 Å². The van der Waals surface area contributed by atoms with E-state index in [1.54, 1.807) is 6.33 Å². The van der Waals surface area contributed by atoms with Crippen LogP contribution in [-0.2, 0) is 6.54 Å². The third-order valence-electron chi connectivity index (χ3n) is 4.09.